The van der Waals surface area contributed by atoms with E-state index in [0.29, 0.717) is 0 Å². The van der Waals surface area contributed by atoms with E-state index < -0.39 is 26.5 Å². The second-order valence-corrected chi connectivity index (χ2v) is 5.23. The van der Waals surface area contributed by atoms with Crippen LogP contribution in [-0.2, 0) is 19.8 Å². The summed E-state index contributed by atoms with van der Waals surface area (Å²) in [6.07, 6.45) is -12.2. The van der Waals surface area contributed by atoms with Gasteiger partial charge in [0.15, 0.2) is 0 Å². The maximum atomic E-state index is 12.0. The van der Waals surface area contributed by atoms with Crippen molar-refractivity contribution in [1.82, 2.24) is 0 Å². The minimum atomic E-state index is -5.50. The van der Waals surface area contributed by atoms with Crippen molar-refractivity contribution in [1.29, 1.82) is 0 Å². The Morgan fingerprint density at radius 1 is 0.895 bits per heavy atom. The first-order chi connectivity index (χ1) is 8.49. The fourth-order valence-corrected chi connectivity index (χ4v) is 2.66. The van der Waals surface area contributed by atoms with Gasteiger partial charge in [0.2, 0.25) is 0 Å². The van der Waals surface area contributed by atoms with Crippen molar-refractivity contribution in [3.8, 4) is 0 Å². The molecule has 0 aromatic heterocycles. The summed E-state index contributed by atoms with van der Waals surface area (Å²) in [6, 6.07) is 6.61. The molecule has 0 aliphatic heterocycles. The van der Waals surface area contributed by atoms with Gasteiger partial charge in [-0.05, 0) is 5.56 Å². The summed E-state index contributed by atoms with van der Waals surface area (Å²) in [4.78, 5) is 0. The molecule has 0 saturated carbocycles. The number of hydrogen-bond acceptors (Lipinski definition) is 3. The molecular weight excluding hydrogens is 301 g/mol. The van der Waals surface area contributed by atoms with E-state index in [9.17, 15) is 30.9 Å². The summed E-state index contributed by atoms with van der Waals surface area (Å²) in [6.45, 7) is 0. The van der Waals surface area contributed by atoms with E-state index >= 15 is 0 Å². The average Bonchev–Trinajstić information content (AvgIpc) is 2.11. The minimum Gasteiger partial charge on any atom is -0.259 e. The first-order valence-corrected chi connectivity index (χ1v) is 6.40. The van der Waals surface area contributed by atoms with Crippen LogP contribution >= 0.6 is 7.60 Å². The second-order valence-electron chi connectivity index (χ2n) is 3.33. The summed E-state index contributed by atoms with van der Waals surface area (Å²) >= 11 is 0. The summed E-state index contributed by atoms with van der Waals surface area (Å²) in [5, 5.41) is 0. The quantitative estimate of drug-likeness (QED) is 0.609. The van der Waals surface area contributed by atoms with Crippen molar-refractivity contribution >= 4 is 7.60 Å². The molecule has 1 rings (SSSR count). The van der Waals surface area contributed by atoms with Gasteiger partial charge in [-0.2, -0.15) is 0 Å². The lowest BCUT2D eigenvalue weighted by Gasteiger charge is -2.20. The van der Waals surface area contributed by atoms with E-state index in [1.165, 1.54) is 30.3 Å². The van der Waals surface area contributed by atoms with Crippen LogP contribution in [-0.4, -0.2) is 12.7 Å². The van der Waals surface area contributed by atoms with Crippen LogP contribution in [0.25, 0.3) is 0 Å². The third kappa shape index (κ3) is 6.60. The van der Waals surface area contributed by atoms with Crippen LogP contribution < -0.4 is 0 Å². The van der Waals surface area contributed by atoms with Crippen LogP contribution in [0.3, 0.4) is 0 Å². The van der Waals surface area contributed by atoms with Gasteiger partial charge in [-0.3, -0.25) is 4.57 Å². The minimum absolute atomic E-state index is 0.0423. The highest BCUT2D eigenvalue weighted by Gasteiger charge is 2.48. The molecule has 0 aliphatic rings. The zero-order chi connectivity index (χ0) is 14.7. The molecule has 10 heteroatoms. The number of halogens is 6. The number of hydrogen-bond donors (Lipinski definition) is 0. The Morgan fingerprint density at radius 2 is 1.32 bits per heavy atom. The van der Waals surface area contributed by atoms with Crippen LogP contribution in [0.4, 0.5) is 26.3 Å². The molecule has 0 amide bonds. The summed E-state index contributed by atoms with van der Waals surface area (Å²) in [5.74, 6) is 0. The molecule has 0 unspecified atom stereocenters. The van der Waals surface area contributed by atoms with Gasteiger partial charge < -0.3 is 0 Å². The average molecular weight is 308 g/mol. The van der Waals surface area contributed by atoms with Crippen molar-refractivity contribution in [3.63, 3.8) is 0 Å². The summed E-state index contributed by atoms with van der Waals surface area (Å²) in [5.41, 5.74) is -0.0423. The van der Waals surface area contributed by atoms with Crippen LogP contribution in [0, 0.1) is 0 Å². The zero-order valence-corrected chi connectivity index (χ0v) is 9.93. The Hall–Kier alpha value is -1.05. The molecular formula is C9H7F6O3P. The smallest absolute Gasteiger partial charge is 0.259 e. The molecule has 108 valence electrons. The highest BCUT2D eigenvalue weighted by Crippen LogP contribution is 2.58. The van der Waals surface area contributed by atoms with E-state index in [0.717, 1.165) is 0 Å². The van der Waals surface area contributed by atoms with E-state index in [2.05, 4.69) is 9.05 Å². The maximum absolute atomic E-state index is 12.0. The molecule has 0 saturated heterocycles. The lowest BCUT2D eigenvalue weighted by Crippen LogP contribution is -2.19. The maximum Gasteiger partial charge on any atom is 0.529 e. The molecule has 0 aliphatic carbocycles. The molecule has 3 nitrogen and oxygen atoms in total. The molecule has 0 heterocycles. The van der Waals surface area contributed by atoms with E-state index in [4.69, 9.17) is 0 Å². The van der Waals surface area contributed by atoms with Gasteiger partial charge in [-0.25, -0.2) is 9.05 Å². The molecule has 19 heavy (non-hydrogen) atoms. The topological polar surface area (TPSA) is 35.5 Å². The molecule has 0 N–H and O–H groups in total. The molecule has 0 radical (unpaired) electrons. The Kier molecular flexibility index (Phi) is 4.65. The summed E-state index contributed by atoms with van der Waals surface area (Å²) in [7, 11) is -5.43. The van der Waals surface area contributed by atoms with Gasteiger partial charge in [0, 0.05) is 0 Å². The number of alkyl halides is 6. The Bertz CT molecular complexity index is 435. The Balaban J connectivity index is 2.96. The fourth-order valence-electron chi connectivity index (χ4n) is 1.21. The Labute approximate surface area is 103 Å². The van der Waals surface area contributed by atoms with Crippen LogP contribution in [0.2, 0.25) is 0 Å². The van der Waals surface area contributed by atoms with E-state index in [1.54, 1.807) is 0 Å². The first-order valence-electron chi connectivity index (χ1n) is 4.67. The standard InChI is InChI=1S/C9H7F6O3P/c10-8(11,12)17-19(16,18-9(13,14)15)6-7-4-2-1-3-5-7/h1-5H,6H2. The van der Waals surface area contributed by atoms with Gasteiger partial charge in [-0.15, -0.1) is 26.3 Å². The third-order valence-corrected chi connectivity index (χ3v) is 3.43. The molecule has 0 atom stereocenters. The van der Waals surface area contributed by atoms with E-state index in [-0.39, 0.29) is 5.56 Å². The van der Waals surface area contributed by atoms with Gasteiger partial charge >= 0.3 is 20.3 Å². The van der Waals surface area contributed by atoms with Crippen molar-refractivity contribution in [2.45, 2.75) is 18.9 Å². The van der Waals surface area contributed by atoms with Crippen molar-refractivity contribution in [2.24, 2.45) is 0 Å². The van der Waals surface area contributed by atoms with Crippen molar-refractivity contribution < 1.29 is 40.0 Å². The van der Waals surface area contributed by atoms with Gasteiger partial charge in [-0.1, -0.05) is 30.3 Å². The number of rotatable bonds is 4. The molecule has 0 fully saturated rings. The molecule has 0 bridgehead atoms. The van der Waals surface area contributed by atoms with Gasteiger partial charge in [0.1, 0.15) is 0 Å². The predicted octanol–water partition coefficient (Wildman–Crippen LogP) is 4.45. The van der Waals surface area contributed by atoms with Crippen LogP contribution in [0.1, 0.15) is 5.56 Å². The second kappa shape index (κ2) is 5.52. The van der Waals surface area contributed by atoms with Gasteiger partial charge in [0.25, 0.3) is 0 Å². The number of benzene rings is 1. The van der Waals surface area contributed by atoms with Gasteiger partial charge in [0.05, 0.1) is 6.16 Å². The monoisotopic (exact) mass is 308 g/mol. The molecule has 1 aromatic rings. The Morgan fingerprint density at radius 3 is 1.68 bits per heavy atom. The highest BCUT2D eigenvalue weighted by atomic mass is 31.2. The lowest BCUT2D eigenvalue weighted by molar-refractivity contribution is -0.307. The van der Waals surface area contributed by atoms with Crippen molar-refractivity contribution in [3.05, 3.63) is 35.9 Å². The molecule has 1 aromatic carbocycles. The highest BCUT2D eigenvalue weighted by molar-refractivity contribution is 7.53. The third-order valence-electron chi connectivity index (χ3n) is 1.70. The predicted molar refractivity (Wildman–Crippen MR) is 52.0 cm³/mol. The van der Waals surface area contributed by atoms with E-state index in [1.807, 2.05) is 0 Å². The normalized spacial score (nSPS) is 13.6. The van der Waals surface area contributed by atoms with Crippen LogP contribution in [0.15, 0.2) is 30.3 Å². The lowest BCUT2D eigenvalue weighted by atomic mass is 10.2. The SMILES string of the molecule is O=P(Cc1ccccc1)(OC(F)(F)F)OC(F)(F)F. The largest absolute Gasteiger partial charge is 0.529 e. The van der Waals surface area contributed by atoms with Crippen LogP contribution in [0.5, 0.6) is 0 Å². The zero-order valence-electron chi connectivity index (χ0n) is 9.03. The van der Waals surface area contributed by atoms with Crippen molar-refractivity contribution in [2.75, 3.05) is 0 Å². The fraction of sp³-hybridized carbons (Fsp3) is 0.333. The summed E-state index contributed by atoms with van der Waals surface area (Å²) < 4.78 is 89.5. The molecule has 0 spiro atoms. The first kappa shape index (κ1) is 16.0.